The van der Waals surface area contributed by atoms with Crippen LogP contribution in [0.3, 0.4) is 0 Å². The molecule has 1 aromatic heterocycles. The lowest BCUT2D eigenvalue weighted by Gasteiger charge is -2.27. The second-order valence-electron chi connectivity index (χ2n) is 5.32. The van der Waals surface area contributed by atoms with Crippen molar-refractivity contribution in [3.63, 3.8) is 0 Å². The maximum absolute atomic E-state index is 4.63. The molecule has 19 heavy (non-hydrogen) atoms. The molecular weight excluding hydrogens is 234 g/mol. The molecule has 0 fully saturated rings. The summed E-state index contributed by atoms with van der Waals surface area (Å²) in [4.78, 5) is 4.63. The van der Waals surface area contributed by atoms with E-state index in [1.807, 2.05) is 6.20 Å². The molecule has 1 rings (SSSR count). The number of aryl methyl sites for hydroxylation is 1. The predicted molar refractivity (Wildman–Crippen MR) is 82.2 cm³/mol. The van der Waals surface area contributed by atoms with Gasteiger partial charge in [-0.15, -0.1) is 0 Å². The first-order valence-corrected chi connectivity index (χ1v) is 8.02. The van der Waals surface area contributed by atoms with E-state index in [2.05, 4.69) is 48.8 Å². The van der Waals surface area contributed by atoms with Gasteiger partial charge in [-0.05, 0) is 25.3 Å². The van der Waals surface area contributed by atoms with Gasteiger partial charge in [-0.2, -0.15) is 0 Å². The Bertz CT molecular complexity index is 332. The molecule has 1 N–H and O–H groups in total. The number of nitrogens with zero attached hydrogens (tertiary/aromatic N) is 2. The van der Waals surface area contributed by atoms with Crippen LogP contribution in [0.5, 0.6) is 0 Å². The zero-order valence-electron chi connectivity index (χ0n) is 13.2. The number of hydrogen-bond acceptors (Lipinski definition) is 2. The second-order valence-corrected chi connectivity index (χ2v) is 5.32. The van der Waals surface area contributed by atoms with Crippen molar-refractivity contribution in [2.75, 3.05) is 6.54 Å². The van der Waals surface area contributed by atoms with E-state index >= 15 is 0 Å². The van der Waals surface area contributed by atoms with E-state index in [-0.39, 0.29) is 0 Å². The van der Waals surface area contributed by atoms with E-state index in [4.69, 9.17) is 0 Å². The van der Waals surface area contributed by atoms with E-state index in [1.54, 1.807) is 0 Å². The minimum absolute atomic E-state index is 0.406. The van der Waals surface area contributed by atoms with Gasteiger partial charge in [0.25, 0.3) is 0 Å². The van der Waals surface area contributed by atoms with Crippen molar-refractivity contribution in [1.29, 1.82) is 0 Å². The summed E-state index contributed by atoms with van der Waals surface area (Å²) >= 11 is 0. The Kier molecular flexibility index (Phi) is 7.80. The maximum Gasteiger partial charge on any atom is 0.126 e. The maximum atomic E-state index is 4.63. The number of nitrogens with one attached hydrogen (secondary N) is 1. The van der Waals surface area contributed by atoms with Crippen LogP contribution < -0.4 is 5.32 Å². The van der Waals surface area contributed by atoms with Crippen LogP contribution in [0.4, 0.5) is 0 Å². The fourth-order valence-corrected chi connectivity index (χ4v) is 2.79. The minimum Gasteiger partial charge on any atom is -0.334 e. The van der Waals surface area contributed by atoms with Crippen LogP contribution in [0, 0.1) is 5.92 Å². The quantitative estimate of drug-likeness (QED) is 0.688. The molecule has 0 radical (unpaired) electrons. The highest BCUT2D eigenvalue weighted by Crippen LogP contribution is 2.28. The molecule has 2 unspecified atom stereocenters. The molecule has 0 aliphatic carbocycles. The molecule has 0 aliphatic rings. The van der Waals surface area contributed by atoms with E-state index in [0.29, 0.717) is 12.0 Å². The Morgan fingerprint density at radius 3 is 2.58 bits per heavy atom. The van der Waals surface area contributed by atoms with Crippen LogP contribution in [-0.2, 0) is 6.54 Å². The first kappa shape index (κ1) is 16.2. The first-order chi connectivity index (χ1) is 9.28. The van der Waals surface area contributed by atoms with Gasteiger partial charge in [0, 0.05) is 18.9 Å². The topological polar surface area (TPSA) is 29.9 Å². The molecule has 1 heterocycles. The third-order valence-electron chi connectivity index (χ3n) is 3.84. The minimum atomic E-state index is 0.406. The molecule has 0 saturated carbocycles. The zero-order chi connectivity index (χ0) is 14.1. The van der Waals surface area contributed by atoms with Crippen molar-refractivity contribution < 1.29 is 0 Å². The summed E-state index contributed by atoms with van der Waals surface area (Å²) in [6.45, 7) is 11.1. The van der Waals surface area contributed by atoms with E-state index in [1.165, 1.54) is 31.5 Å². The molecule has 3 nitrogen and oxygen atoms in total. The number of unbranched alkanes of at least 4 members (excludes halogenated alkanes) is 1. The molecule has 1 aromatic rings. The molecule has 110 valence electrons. The fraction of sp³-hybridized carbons (Fsp3) is 0.812. The number of rotatable bonds is 10. The Labute approximate surface area is 118 Å². The Hall–Kier alpha value is -0.830. The van der Waals surface area contributed by atoms with Crippen molar-refractivity contribution >= 4 is 0 Å². The van der Waals surface area contributed by atoms with Crippen LogP contribution >= 0.6 is 0 Å². The lowest BCUT2D eigenvalue weighted by Crippen LogP contribution is -2.30. The van der Waals surface area contributed by atoms with Crippen molar-refractivity contribution in [2.45, 2.75) is 72.4 Å². The van der Waals surface area contributed by atoms with Gasteiger partial charge in [0.05, 0.1) is 6.04 Å². The molecule has 0 bridgehead atoms. The van der Waals surface area contributed by atoms with Gasteiger partial charge in [-0.25, -0.2) is 4.98 Å². The van der Waals surface area contributed by atoms with Crippen LogP contribution in [0.15, 0.2) is 12.4 Å². The third-order valence-corrected chi connectivity index (χ3v) is 3.84. The highest BCUT2D eigenvalue weighted by atomic mass is 15.1. The first-order valence-electron chi connectivity index (χ1n) is 8.02. The van der Waals surface area contributed by atoms with Gasteiger partial charge in [0.15, 0.2) is 0 Å². The predicted octanol–water partition coefficient (Wildman–Crippen LogP) is 4.16. The number of hydrogen-bond donors (Lipinski definition) is 1. The summed E-state index contributed by atoms with van der Waals surface area (Å²) in [6.07, 6.45) is 10.3. The zero-order valence-corrected chi connectivity index (χ0v) is 13.2. The summed E-state index contributed by atoms with van der Waals surface area (Å²) in [7, 11) is 0. The monoisotopic (exact) mass is 265 g/mol. The Morgan fingerprint density at radius 1 is 1.21 bits per heavy atom. The highest BCUT2D eigenvalue weighted by Gasteiger charge is 2.24. The Morgan fingerprint density at radius 2 is 2.00 bits per heavy atom. The highest BCUT2D eigenvalue weighted by molar-refractivity contribution is 5.02. The molecule has 0 aromatic carbocycles. The van der Waals surface area contributed by atoms with Crippen molar-refractivity contribution in [1.82, 2.24) is 14.9 Å². The summed E-state index contributed by atoms with van der Waals surface area (Å²) in [5.41, 5.74) is 0. The summed E-state index contributed by atoms with van der Waals surface area (Å²) in [5, 5.41) is 3.66. The molecule has 0 spiro atoms. The van der Waals surface area contributed by atoms with Crippen LogP contribution in [0.2, 0.25) is 0 Å². The van der Waals surface area contributed by atoms with Gasteiger partial charge < -0.3 is 9.88 Å². The van der Waals surface area contributed by atoms with Gasteiger partial charge in [0.1, 0.15) is 5.82 Å². The average molecular weight is 265 g/mol. The van der Waals surface area contributed by atoms with Crippen LogP contribution in [-0.4, -0.2) is 16.1 Å². The van der Waals surface area contributed by atoms with Crippen molar-refractivity contribution in [3.05, 3.63) is 18.2 Å². The van der Waals surface area contributed by atoms with Gasteiger partial charge in [-0.1, -0.05) is 47.0 Å². The van der Waals surface area contributed by atoms with Crippen LogP contribution in [0.1, 0.15) is 71.7 Å². The van der Waals surface area contributed by atoms with E-state index in [0.717, 1.165) is 19.5 Å². The lowest BCUT2D eigenvalue weighted by molar-refractivity contribution is 0.308. The molecule has 0 saturated heterocycles. The molecule has 3 heteroatoms. The average Bonchev–Trinajstić information content (AvgIpc) is 2.86. The molecule has 0 aliphatic heterocycles. The van der Waals surface area contributed by atoms with Crippen molar-refractivity contribution in [3.8, 4) is 0 Å². The smallest absolute Gasteiger partial charge is 0.126 e. The molecule has 0 amide bonds. The summed E-state index contributed by atoms with van der Waals surface area (Å²) < 4.78 is 2.32. The van der Waals surface area contributed by atoms with Gasteiger partial charge >= 0.3 is 0 Å². The van der Waals surface area contributed by atoms with Crippen LogP contribution in [0.25, 0.3) is 0 Å². The second kappa shape index (κ2) is 9.13. The van der Waals surface area contributed by atoms with E-state index in [9.17, 15) is 0 Å². The summed E-state index contributed by atoms with van der Waals surface area (Å²) in [6, 6.07) is 0.406. The standard InChI is InChI=1S/C16H31N3/c1-5-9-10-14(7-3)15(17-8-4)16-18-11-13-19(16)12-6-2/h11,13-15,17H,5-10,12H2,1-4H3. The fourth-order valence-electron chi connectivity index (χ4n) is 2.79. The van der Waals surface area contributed by atoms with Crippen molar-refractivity contribution in [2.24, 2.45) is 5.92 Å². The van der Waals surface area contributed by atoms with E-state index < -0.39 is 0 Å². The third kappa shape index (κ3) is 4.64. The number of imidazole rings is 1. The molecule has 2 atom stereocenters. The largest absolute Gasteiger partial charge is 0.334 e. The molecular formula is C16H31N3. The normalized spacial score (nSPS) is 14.5. The number of aromatic nitrogens is 2. The summed E-state index contributed by atoms with van der Waals surface area (Å²) in [5.74, 6) is 1.92. The van der Waals surface area contributed by atoms with Gasteiger partial charge in [-0.3, -0.25) is 0 Å². The SMILES string of the molecule is CCCCC(CC)C(NCC)c1nccn1CCC. The Balaban J connectivity index is 2.86. The van der Waals surface area contributed by atoms with Gasteiger partial charge in [0.2, 0.25) is 0 Å². The lowest BCUT2D eigenvalue weighted by atomic mass is 9.90.